The van der Waals surface area contributed by atoms with Gasteiger partial charge in [-0.1, -0.05) is 35.9 Å². The van der Waals surface area contributed by atoms with Crippen molar-refractivity contribution in [1.29, 1.82) is 0 Å². The number of halogens is 1. The third-order valence-electron chi connectivity index (χ3n) is 8.95. The number of benzene rings is 2. The Morgan fingerprint density at radius 2 is 2.04 bits per heavy atom. The van der Waals surface area contributed by atoms with Crippen LogP contribution in [0.25, 0.3) is 21.1 Å². The van der Waals surface area contributed by atoms with Crippen LogP contribution < -0.4 is 4.74 Å². The summed E-state index contributed by atoms with van der Waals surface area (Å²) in [5, 5.41) is 22.2. The number of hydrogen-bond acceptors (Lipinski definition) is 9. The number of carbonyl (C=O) groups is 1. The number of aryl methyl sites for hydroxylation is 2. The molecule has 5 aromatic rings. The van der Waals surface area contributed by atoms with Gasteiger partial charge in [-0.3, -0.25) is 13.9 Å². The zero-order valence-electron chi connectivity index (χ0n) is 25.1. The van der Waals surface area contributed by atoms with Crippen molar-refractivity contribution in [2.24, 2.45) is 7.05 Å². The molecule has 0 radical (unpaired) electrons. The van der Waals surface area contributed by atoms with Crippen molar-refractivity contribution in [3.63, 3.8) is 0 Å². The molecule has 1 fully saturated rings. The van der Waals surface area contributed by atoms with E-state index in [0.29, 0.717) is 12.3 Å². The molecule has 7 rings (SSSR count). The van der Waals surface area contributed by atoms with Gasteiger partial charge in [0.2, 0.25) is 5.88 Å². The molecule has 2 aromatic carbocycles. The average molecular weight is 668 g/mol. The molecule has 0 saturated heterocycles. The molecule has 10 nitrogen and oxygen atoms in total. The maximum absolute atomic E-state index is 12.4. The first kappa shape index (κ1) is 30.4. The molecule has 0 amide bonds. The Kier molecular flexibility index (Phi) is 7.78. The number of pyridine rings is 1. The van der Waals surface area contributed by atoms with Crippen LogP contribution in [-0.2, 0) is 18.4 Å². The summed E-state index contributed by atoms with van der Waals surface area (Å²) in [7, 11) is -1.62. The van der Waals surface area contributed by atoms with Crippen molar-refractivity contribution >= 4 is 60.8 Å². The average Bonchev–Trinajstić information content (AvgIpc) is 3.63. The zero-order valence-corrected chi connectivity index (χ0v) is 27.5. The minimum atomic E-state index is -3.52. The van der Waals surface area contributed by atoms with Crippen LogP contribution >= 0.6 is 33.7 Å². The van der Waals surface area contributed by atoms with E-state index in [1.165, 1.54) is 17.8 Å². The summed E-state index contributed by atoms with van der Waals surface area (Å²) in [5.74, 6) is -0.762. The van der Waals surface area contributed by atoms with Crippen LogP contribution in [0.2, 0.25) is 5.02 Å². The Balaban J connectivity index is 1.36. The van der Waals surface area contributed by atoms with Crippen LogP contribution in [0.15, 0.2) is 46.8 Å². The highest BCUT2D eigenvalue weighted by Gasteiger charge is 2.37. The summed E-state index contributed by atoms with van der Waals surface area (Å²) in [6.45, 7) is 4.44. The van der Waals surface area contributed by atoms with Gasteiger partial charge in [-0.25, -0.2) is 9.67 Å². The summed E-state index contributed by atoms with van der Waals surface area (Å²) in [4.78, 5) is 16.8. The fourth-order valence-electron chi connectivity index (χ4n) is 6.48. The Bertz CT molecular complexity index is 1960. The lowest BCUT2D eigenvalue weighted by Gasteiger charge is -2.41. The number of carboxylic acids is 1. The van der Waals surface area contributed by atoms with Crippen molar-refractivity contribution in [1.82, 2.24) is 24.3 Å². The summed E-state index contributed by atoms with van der Waals surface area (Å²) >= 11 is 7.81. The molecule has 4 heterocycles. The number of hydrogen-bond donors (Lipinski definition) is 3. The number of fused-ring (bicyclic) bond motifs is 3. The Morgan fingerprint density at radius 1 is 1.24 bits per heavy atom. The maximum Gasteiger partial charge on any atom is 0.304 e. The molecule has 0 bridgehead atoms. The predicted octanol–water partition coefficient (Wildman–Crippen LogP) is 7.72. The normalized spacial score (nSPS) is 19.6. The first-order valence-electron chi connectivity index (χ1n) is 14.9. The monoisotopic (exact) mass is 667 g/mol. The molecular formula is C32H34ClN5O5S2. The van der Waals surface area contributed by atoms with Crippen molar-refractivity contribution in [3.05, 3.63) is 74.7 Å². The lowest BCUT2D eigenvalue weighted by molar-refractivity contribution is -0.137. The van der Waals surface area contributed by atoms with Gasteiger partial charge in [0.1, 0.15) is 16.5 Å². The number of carboxylic acid groups (broad SMARTS) is 1. The second-order valence-corrected chi connectivity index (χ2v) is 15.3. The maximum atomic E-state index is 12.4. The van der Waals surface area contributed by atoms with E-state index in [2.05, 4.69) is 27.4 Å². The van der Waals surface area contributed by atoms with Gasteiger partial charge in [-0.2, -0.15) is 4.31 Å². The Morgan fingerprint density at radius 3 is 2.78 bits per heavy atom. The van der Waals surface area contributed by atoms with Crippen molar-refractivity contribution < 1.29 is 23.7 Å². The van der Waals surface area contributed by atoms with Gasteiger partial charge in [0.15, 0.2) is 0 Å². The molecular weight excluding hydrogens is 634 g/mol. The smallest absolute Gasteiger partial charge is 0.304 e. The van der Waals surface area contributed by atoms with E-state index < -0.39 is 22.7 Å². The topological polar surface area (TPSA) is 134 Å². The number of thiophene rings is 1. The minimum absolute atomic E-state index is 0.103. The Labute approximate surface area is 271 Å². The van der Waals surface area contributed by atoms with Crippen molar-refractivity contribution in [2.75, 3.05) is 6.54 Å². The molecule has 0 unspecified atom stereocenters. The lowest BCUT2D eigenvalue weighted by atomic mass is 9.83. The van der Waals surface area contributed by atoms with Gasteiger partial charge >= 0.3 is 5.97 Å². The van der Waals surface area contributed by atoms with E-state index in [9.17, 15) is 19.0 Å². The highest BCUT2D eigenvalue weighted by Crippen LogP contribution is 2.58. The van der Waals surface area contributed by atoms with E-state index in [-0.39, 0.29) is 41.4 Å². The van der Waals surface area contributed by atoms with Crippen LogP contribution in [0.4, 0.5) is 0 Å². The second kappa shape index (κ2) is 11.5. The van der Waals surface area contributed by atoms with E-state index >= 15 is 0 Å². The molecule has 2 atom stereocenters. The Hall–Kier alpha value is -3.26. The quantitative estimate of drug-likeness (QED) is 0.152. The molecule has 13 heteroatoms. The number of ether oxygens (including phenoxy) is 1. The highest BCUT2D eigenvalue weighted by atomic mass is 35.5. The molecule has 3 N–H and O–H groups in total. The summed E-state index contributed by atoms with van der Waals surface area (Å²) in [5.41, 5.74) is 6.57. The summed E-state index contributed by atoms with van der Waals surface area (Å²) in [6, 6.07) is 9.80. The largest absolute Gasteiger partial charge is 0.481 e. The van der Waals surface area contributed by atoms with Gasteiger partial charge in [0.05, 0.1) is 23.5 Å². The predicted molar refractivity (Wildman–Crippen MR) is 177 cm³/mol. The number of aromatic nitrogens is 4. The lowest BCUT2D eigenvalue weighted by Crippen LogP contribution is -2.34. The first-order valence-corrected chi connectivity index (χ1v) is 17.7. The van der Waals surface area contributed by atoms with Crippen LogP contribution in [0.3, 0.4) is 0 Å². The second-order valence-electron chi connectivity index (χ2n) is 12.0. The first-order chi connectivity index (χ1) is 21.5. The van der Waals surface area contributed by atoms with Crippen LogP contribution in [0.1, 0.15) is 72.3 Å². The van der Waals surface area contributed by atoms with E-state index in [1.807, 2.05) is 43.1 Å². The van der Waals surface area contributed by atoms with Gasteiger partial charge < -0.3 is 9.84 Å². The van der Waals surface area contributed by atoms with Gasteiger partial charge in [0, 0.05) is 30.4 Å². The van der Waals surface area contributed by atoms with Gasteiger partial charge in [-0.15, -0.1) is 27.2 Å². The van der Waals surface area contributed by atoms with Crippen LogP contribution in [0.5, 0.6) is 5.88 Å². The highest BCUT2D eigenvalue weighted by molar-refractivity contribution is 8.22. The molecule has 1 aliphatic heterocycles. The third kappa shape index (κ3) is 5.47. The molecule has 0 spiro atoms. The number of aliphatic carboxylic acids is 1. The molecule has 1 saturated carbocycles. The standard InChI is InChI=1S/C32H34ClN5O5S2/c1-4-23-16-38(45(41,42)27-11-22(33)14-34-32(27)43-23)15-21-10-20(9-19-7-8-44-31(19)21)25(13-28(39)40)24-12-26(18-5-6-18)30-29(17(24)2)35-36-37(30)3/h7-12,14,18,23,25,41-42H,4-6,13,15-16H2,1-3H3,(H,39,40)/t23-,25+/m1/s1. The molecule has 236 valence electrons. The van der Waals surface area contributed by atoms with Crippen LogP contribution in [0, 0.1) is 6.92 Å². The minimum Gasteiger partial charge on any atom is -0.481 e. The zero-order chi connectivity index (χ0) is 31.6. The van der Waals surface area contributed by atoms with Crippen LogP contribution in [-0.4, -0.2) is 57.1 Å². The fraction of sp³-hybridized carbons (Fsp3) is 0.375. The summed E-state index contributed by atoms with van der Waals surface area (Å²) < 4.78 is 33.9. The number of rotatable bonds is 8. The van der Waals surface area contributed by atoms with Gasteiger partial charge in [0.25, 0.3) is 0 Å². The van der Waals surface area contributed by atoms with Crippen molar-refractivity contribution in [3.8, 4) is 5.88 Å². The fourth-order valence-corrected chi connectivity index (χ4v) is 9.18. The van der Waals surface area contributed by atoms with E-state index in [0.717, 1.165) is 56.2 Å². The molecule has 2 aliphatic rings. The molecule has 1 aliphatic carbocycles. The molecule has 45 heavy (non-hydrogen) atoms. The summed E-state index contributed by atoms with van der Waals surface area (Å²) in [6.07, 6.45) is 3.83. The van der Waals surface area contributed by atoms with E-state index in [4.69, 9.17) is 16.3 Å². The van der Waals surface area contributed by atoms with Gasteiger partial charge in [-0.05, 0) is 88.9 Å². The number of nitrogens with zero attached hydrogens (tertiary/aromatic N) is 5. The van der Waals surface area contributed by atoms with E-state index in [1.54, 1.807) is 15.6 Å². The molecule has 3 aromatic heterocycles. The van der Waals surface area contributed by atoms with Crippen molar-refractivity contribution in [2.45, 2.75) is 68.9 Å². The SMILES string of the molecule is CC[C@@H]1CN(Cc2cc([C@H](CC(=O)O)c3cc(C4CC4)c4c(nnn4C)c3C)cc3ccsc23)S(O)(O)c2cc(Cl)cnc2O1. The third-order valence-corrected chi connectivity index (χ3v) is 12.0.